The first-order valence-electron chi connectivity index (χ1n) is 10.4. The minimum Gasteiger partial charge on any atom is -0.495 e. The molecule has 0 aliphatic carbocycles. The van der Waals surface area contributed by atoms with Crippen LogP contribution in [-0.4, -0.2) is 49.7 Å². The van der Waals surface area contributed by atoms with Crippen molar-refractivity contribution in [3.8, 4) is 11.5 Å². The fourth-order valence-corrected chi connectivity index (χ4v) is 5.78. The number of methoxy groups -OCH3 is 1. The molecule has 8 heteroatoms. The summed E-state index contributed by atoms with van der Waals surface area (Å²) in [6.07, 6.45) is 1.02. The van der Waals surface area contributed by atoms with Crippen LogP contribution in [0.1, 0.15) is 44.7 Å². The number of aliphatic hydroxyl groups excluding tert-OH is 1. The average Bonchev–Trinajstić information content (AvgIpc) is 2.75. The van der Waals surface area contributed by atoms with Gasteiger partial charge in [-0.2, -0.15) is 0 Å². The molecule has 0 spiro atoms. The zero-order chi connectivity index (χ0) is 22.4. The molecule has 7 nitrogen and oxygen atoms in total. The standard InChI is InChI=1S/C23H27NO6S/c1-23(2)22(26)21(24-12-8-7-11-20(24)25)16-13-19(18(29-3)14-17(16)30-23)31(27,28)15-9-5-4-6-10-15/h4-6,9-10,13-14,21-22,26H,7-8,11-12H2,1-3H3. The van der Waals surface area contributed by atoms with Gasteiger partial charge in [0.05, 0.1) is 18.0 Å². The number of fused-ring (bicyclic) bond motifs is 1. The highest BCUT2D eigenvalue weighted by molar-refractivity contribution is 7.91. The molecule has 4 rings (SSSR count). The first-order chi connectivity index (χ1) is 14.7. The van der Waals surface area contributed by atoms with Crippen LogP contribution in [0.15, 0.2) is 52.3 Å². The zero-order valence-electron chi connectivity index (χ0n) is 17.9. The van der Waals surface area contributed by atoms with Gasteiger partial charge in [-0.25, -0.2) is 8.42 Å². The molecular weight excluding hydrogens is 418 g/mol. The number of hydrogen-bond acceptors (Lipinski definition) is 6. The fraction of sp³-hybridized carbons (Fsp3) is 0.435. The van der Waals surface area contributed by atoms with Gasteiger partial charge in [0.2, 0.25) is 15.7 Å². The lowest BCUT2D eigenvalue weighted by molar-refractivity contribution is -0.147. The molecule has 0 saturated carbocycles. The Kier molecular flexibility index (Phi) is 5.47. The highest BCUT2D eigenvalue weighted by Gasteiger charge is 2.48. The van der Waals surface area contributed by atoms with Gasteiger partial charge < -0.3 is 19.5 Å². The molecule has 1 saturated heterocycles. The normalized spacial score (nSPS) is 23.1. The van der Waals surface area contributed by atoms with Gasteiger partial charge in [-0.3, -0.25) is 4.79 Å². The SMILES string of the molecule is COc1cc2c(cc1S(=O)(=O)c1ccccc1)C(N1CCCCC1=O)C(O)C(C)(C)O2. The van der Waals surface area contributed by atoms with Gasteiger partial charge in [-0.05, 0) is 44.9 Å². The number of rotatable bonds is 4. The second-order valence-corrected chi connectivity index (χ2v) is 10.4. The van der Waals surface area contributed by atoms with Crippen LogP contribution in [0, 0.1) is 0 Å². The minimum atomic E-state index is -3.89. The molecule has 0 radical (unpaired) electrons. The maximum Gasteiger partial charge on any atom is 0.223 e. The number of benzene rings is 2. The molecule has 0 aromatic heterocycles. The Bertz CT molecular complexity index is 1100. The van der Waals surface area contributed by atoms with E-state index in [4.69, 9.17) is 9.47 Å². The van der Waals surface area contributed by atoms with Crippen LogP contribution in [0.25, 0.3) is 0 Å². The number of piperidine rings is 1. The van der Waals surface area contributed by atoms with Crippen LogP contribution < -0.4 is 9.47 Å². The summed E-state index contributed by atoms with van der Waals surface area (Å²) in [4.78, 5) is 14.5. The summed E-state index contributed by atoms with van der Waals surface area (Å²) in [6.45, 7) is 4.01. The van der Waals surface area contributed by atoms with Crippen LogP contribution in [0.5, 0.6) is 11.5 Å². The summed E-state index contributed by atoms with van der Waals surface area (Å²) in [5.74, 6) is 0.503. The number of likely N-dealkylation sites (tertiary alicyclic amines) is 1. The Hall–Kier alpha value is -2.58. The number of ether oxygens (including phenoxy) is 2. The molecule has 2 aliphatic rings. The monoisotopic (exact) mass is 445 g/mol. The quantitative estimate of drug-likeness (QED) is 0.777. The minimum absolute atomic E-state index is 0.0232. The molecule has 2 atom stereocenters. The molecule has 2 aliphatic heterocycles. The van der Waals surface area contributed by atoms with Gasteiger partial charge in [0, 0.05) is 24.6 Å². The molecule has 2 aromatic rings. The summed E-state index contributed by atoms with van der Waals surface area (Å²) >= 11 is 0. The second kappa shape index (κ2) is 7.84. The maximum absolute atomic E-state index is 13.4. The summed E-state index contributed by atoms with van der Waals surface area (Å²) in [5, 5.41) is 11.2. The molecule has 166 valence electrons. The molecule has 1 fully saturated rings. The lowest BCUT2D eigenvalue weighted by atomic mass is 9.84. The summed E-state index contributed by atoms with van der Waals surface area (Å²) in [5.41, 5.74) is -0.502. The van der Waals surface area contributed by atoms with Crippen molar-refractivity contribution in [1.82, 2.24) is 4.90 Å². The highest BCUT2D eigenvalue weighted by Crippen LogP contribution is 2.47. The van der Waals surface area contributed by atoms with Crippen molar-refractivity contribution in [2.75, 3.05) is 13.7 Å². The van der Waals surface area contributed by atoms with Crippen molar-refractivity contribution >= 4 is 15.7 Å². The Morgan fingerprint density at radius 1 is 1.16 bits per heavy atom. The van der Waals surface area contributed by atoms with Crippen LogP contribution in [0.2, 0.25) is 0 Å². The lowest BCUT2D eigenvalue weighted by Crippen LogP contribution is -2.55. The first kappa shape index (κ1) is 21.6. The number of carbonyl (C=O) groups excluding carboxylic acids is 1. The highest BCUT2D eigenvalue weighted by atomic mass is 32.2. The smallest absolute Gasteiger partial charge is 0.223 e. The van der Waals surface area contributed by atoms with Gasteiger partial charge in [0.25, 0.3) is 0 Å². The fourth-order valence-electron chi connectivity index (χ4n) is 4.33. The lowest BCUT2D eigenvalue weighted by Gasteiger charge is -2.47. The second-order valence-electron chi connectivity index (χ2n) is 8.50. The Balaban J connectivity index is 1.92. The summed E-state index contributed by atoms with van der Waals surface area (Å²) < 4.78 is 38.2. The number of sulfone groups is 1. The third kappa shape index (κ3) is 3.68. The van der Waals surface area contributed by atoms with Crippen molar-refractivity contribution in [1.29, 1.82) is 0 Å². The van der Waals surface area contributed by atoms with Crippen molar-refractivity contribution in [2.24, 2.45) is 0 Å². The van der Waals surface area contributed by atoms with E-state index in [1.807, 2.05) is 0 Å². The van der Waals surface area contributed by atoms with E-state index < -0.39 is 27.6 Å². The molecule has 2 aromatic carbocycles. The zero-order valence-corrected chi connectivity index (χ0v) is 18.7. The molecule has 1 N–H and O–H groups in total. The van der Waals surface area contributed by atoms with Gasteiger partial charge in [0.15, 0.2) is 0 Å². The number of hydrogen-bond donors (Lipinski definition) is 1. The van der Waals surface area contributed by atoms with Gasteiger partial charge in [0.1, 0.15) is 28.1 Å². The number of nitrogens with zero attached hydrogens (tertiary/aromatic N) is 1. The van der Waals surface area contributed by atoms with E-state index in [1.165, 1.54) is 25.3 Å². The van der Waals surface area contributed by atoms with E-state index in [-0.39, 0.29) is 21.4 Å². The van der Waals surface area contributed by atoms with Crippen molar-refractivity contribution in [2.45, 2.75) is 60.6 Å². The van der Waals surface area contributed by atoms with Crippen molar-refractivity contribution < 1.29 is 27.8 Å². The molecule has 1 amide bonds. The summed E-state index contributed by atoms with van der Waals surface area (Å²) in [6, 6.07) is 10.4. The predicted molar refractivity (Wildman–Crippen MR) is 114 cm³/mol. The number of aliphatic hydroxyl groups is 1. The number of carbonyl (C=O) groups is 1. The summed E-state index contributed by atoms with van der Waals surface area (Å²) in [7, 11) is -2.49. The van der Waals surface area contributed by atoms with Crippen LogP contribution >= 0.6 is 0 Å². The molecule has 2 unspecified atom stereocenters. The van der Waals surface area contributed by atoms with E-state index in [2.05, 4.69) is 0 Å². The Labute approximate surface area is 182 Å². The first-order valence-corrected chi connectivity index (χ1v) is 11.8. The topological polar surface area (TPSA) is 93.1 Å². The van der Waals surface area contributed by atoms with Gasteiger partial charge in [-0.15, -0.1) is 0 Å². The molecular formula is C23H27NO6S. The molecule has 2 heterocycles. The van der Waals surface area contributed by atoms with E-state index in [0.717, 1.165) is 12.8 Å². The maximum atomic E-state index is 13.4. The Morgan fingerprint density at radius 2 is 1.87 bits per heavy atom. The van der Waals surface area contributed by atoms with E-state index in [9.17, 15) is 18.3 Å². The van der Waals surface area contributed by atoms with Crippen LogP contribution in [-0.2, 0) is 14.6 Å². The van der Waals surface area contributed by atoms with Gasteiger partial charge >= 0.3 is 0 Å². The van der Waals surface area contributed by atoms with E-state index in [0.29, 0.717) is 24.3 Å². The van der Waals surface area contributed by atoms with Crippen LogP contribution in [0.3, 0.4) is 0 Å². The predicted octanol–water partition coefficient (Wildman–Crippen LogP) is 3.11. The van der Waals surface area contributed by atoms with Crippen LogP contribution in [0.4, 0.5) is 0 Å². The number of amides is 1. The average molecular weight is 446 g/mol. The third-order valence-electron chi connectivity index (χ3n) is 6.04. The van der Waals surface area contributed by atoms with E-state index >= 15 is 0 Å². The third-order valence-corrected chi connectivity index (χ3v) is 7.83. The molecule has 0 bridgehead atoms. The van der Waals surface area contributed by atoms with Crippen molar-refractivity contribution in [3.05, 3.63) is 48.0 Å². The molecule has 31 heavy (non-hydrogen) atoms. The largest absolute Gasteiger partial charge is 0.495 e. The van der Waals surface area contributed by atoms with Gasteiger partial charge in [-0.1, -0.05) is 18.2 Å². The Morgan fingerprint density at radius 3 is 2.52 bits per heavy atom. The van der Waals surface area contributed by atoms with E-state index in [1.54, 1.807) is 43.0 Å². The van der Waals surface area contributed by atoms with Crippen molar-refractivity contribution in [3.63, 3.8) is 0 Å².